The molecule has 0 heterocycles. The van der Waals surface area contributed by atoms with Crippen LogP contribution in [-0.4, -0.2) is 19.2 Å². The minimum absolute atomic E-state index is 0.141. The van der Waals surface area contributed by atoms with Crippen LogP contribution in [0.5, 0.6) is 5.75 Å². The molecule has 17 heavy (non-hydrogen) atoms. The molecule has 0 amide bonds. The predicted molar refractivity (Wildman–Crippen MR) is 67.9 cm³/mol. The Kier molecular flexibility index (Phi) is 4.76. The molecular weight excluding hydrogens is 216 g/mol. The summed E-state index contributed by atoms with van der Waals surface area (Å²) >= 11 is 0. The summed E-state index contributed by atoms with van der Waals surface area (Å²) < 4.78 is 10.2. The van der Waals surface area contributed by atoms with Gasteiger partial charge in [0.25, 0.3) is 0 Å². The van der Waals surface area contributed by atoms with E-state index < -0.39 is 0 Å². The highest BCUT2D eigenvalue weighted by Crippen LogP contribution is 2.20. The third-order valence-corrected chi connectivity index (χ3v) is 2.23. The van der Waals surface area contributed by atoms with Gasteiger partial charge in [-0.15, -0.1) is 0 Å². The highest BCUT2D eigenvalue weighted by Gasteiger charge is 2.10. The van der Waals surface area contributed by atoms with Crippen LogP contribution < -0.4 is 4.74 Å². The van der Waals surface area contributed by atoms with Gasteiger partial charge in [-0.25, -0.2) is 4.79 Å². The van der Waals surface area contributed by atoms with Gasteiger partial charge in [0.05, 0.1) is 18.8 Å². The Morgan fingerprint density at radius 1 is 1.24 bits per heavy atom. The van der Waals surface area contributed by atoms with Crippen molar-refractivity contribution in [1.29, 1.82) is 0 Å². The van der Waals surface area contributed by atoms with Crippen molar-refractivity contribution in [3.05, 3.63) is 35.9 Å². The molecule has 0 aliphatic heterocycles. The van der Waals surface area contributed by atoms with E-state index in [9.17, 15) is 4.79 Å². The summed E-state index contributed by atoms with van der Waals surface area (Å²) in [5.41, 5.74) is 1.39. The van der Waals surface area contributed by atoms with Gasteiger partial charge in [0, 0.05) is 0 Å². The highest BCUT2D eigenvalue weighted by atomic mass is 16.5. The van der Waals surface area contributed by atoms with Gasteiger partial charge < -0.3 is 9.47 Å². The second-order valence-electron chi connectivity index (χ2n) is 3.88. The molecule has 1 aromatic carbocycles. The van der Waals surface area contributed by atoms with Crippen molar-refractivity contribution >= 4 is 11.5 Å². The normalized spacial score (nSPS) is 11.5. The molecule has 0 saturated heterocycles. The lowest BCUT2D eigenvalue weighted by Gasteiger charge is -2.10. The number of carbonyl (C=O) groups excluding carboxylic acids is 1. The lowest BCUT2D eigenvalue weighted by molar-refractivity contribution is -0.133. The van der Waals surface area contributed by atoms with Gasteiger partial charge in [0.2, 0.25) is 0 Å². The van der Waals surface area contributed by atoms with Crippen LogP contribution in [0.15, 0.2) is 30.3 Å². The van der Waals surface area contributed by atoms with Crippen LogP contribution in [-0.2, 0) is 9.53 Å². The minimum Gasteiger partial charge on any atom is -0.491 e. The molecule has 92 valence electrons. The Morgan fingerprint density at radius 3 is 2.24 bits per heavy atom. The van der Waals surface area contributed by atoms with Gasteiger partial charge in [-0.2, -0.15) is 0 Å². The van der Waals surface area contributed by atoms with Crippen molar-refractivity contribution < 1.29 is 14.3 Å². The van der Waals surface area contributed by atoms with Crippen molar-refractivity contribution in [2.75, 3.05) is 7.11 Å². The lowest BCUT2D eigenvalue weighted by Crippen LogP contribution is -2.06. The molecular formula is C14H18O3. The molecule has 0 bridgehead atoms. The fraction of sp³-hybridized carbons (Fsp3) is 0.357. The fourth-order valence-corrected chi connectivity index (χ4v) is 1.50. The zero-order valence-electron chi connectivity index (χ0n) is 10.7. The van der Waals surface area contributed by atoms with E-state index in [1.54, 1.807) is 6.08 Å². The topological polar surface area (TPSA) is 35.5 Å². The summed E-state index contributed by atoms with van der Waals surface area (Å²) in [5.74, 6) is 0.467. The molecule has 0 aromatic heterocycles. The van der Waals surface area contributed by atoms with Crippen LogP contribution in [0, 0.1) is 0 Å². The number of methoxy groups -OCH3 is 1. The average Bonchev–Trinajstić information content (AvgIpc) is 2.31. The summed E-state index contributed by atoms with van der Waals surface area (Å²) in [6, 6.07) is 7.40. The Balaban J connectivity index is 2.90. The first-order valence-corrected chi connectivity index (χ1v) is 5.60. The quantitative estimate of drug-likeness (QED) is 0.593. The summed E-state index contributed by atoms with van der Waals surface area (Å²) in [7, 11) is 1.38. The van der Waals surface area contributed by atoms with Crippen molar-refractivity contribution in [3.8, 4) is 5.75 Å². The molecule has 0 atom stereocenters. The molecule has 0 fully saturated rings. The van der Waals surface area contributed by atoms with Crippen LogP contribution in [0.4, 0.5) is 0 Å². The molecule has 3 heteroatoms. The first-order valence-electron chi connectivity index (χ1n) is 5.60. The first-order chi connectivity index (χ1) is 8.08. The van der Waals surface area contributed by atoms with Gasteiger partial charge >= 0.3 is 5.97 Å². The molecule has 1 rings (SSSR count). The molecule has 0 spiro atoms. The Morgan fingerprint density at radius 2 is 1.82 bits per heavy atom. The zero-order chi connectivity index (χ0) is 12.8. The molecule has 0 unspecified atom stereocenters. The van der Waals surface area contributed by atoms with Crippen LogP contribution in [0.1, 0.15) is 26.3 Å². The summed E-state index contributed by atoms with van der Waals surface area (Å²) in [4.78, 5) is 11.5. The SMILES string of the molecule is C/C=C(/C(=O)OC)c1ccc(OC(C)C)cc1. The lowest BCUT2D eigenvalue weighted by atomic mass is 10.1. The van der Waals surface area contributed by atoms with Crippen molar-refractivity contribution in [3.63, 3.8) is 0 Å². The number of esters is 1. The standard InChI is InChI=1S/C14H18O3/c1-5-13(14(15)16-4)11-6-8-12(9-7-11)17-10(2)3/h5-10H,1-4H3/b13-5+. The number of hydrogen-bond donors (Lipinski definition) is 0. The molecule has 0 N–H and O–H groups in total. The number of benzene rings is 1. The van der Waals surface area contributed by atoms with Gasteiger partial charge in [0.15, 0.2) is 0 Å². The fourth-order valence-electron chi connectivity index (χ4n) is 1.50. The van der Waals surface area contributed by atoms with Crippen LogP contribution in [0.25, 0.3) is 5.57 Å². The van der Waals surface area contributed by atoms with E-state index in [4.69, 9.17) is 9.47 Å². The van der Waals surface area contributed by atoms with Crippen LogP contribution in [0.3, 0.4) is 0 Å². The highest BCUT2D eigenvalue weighted by molar-refractivity contribution is 6.16. The maximum Gasteiger partial charge on any atom is 0.338 e. The van der Waals surface area contributed by atoms with E-state index in [1.165, 1.54) is 7.11 Å². The first kappa shape index (κ1) is 13.3. The van der Waals surface area contributed by atoms with E-state index in [1.807, 2.05) is 45.0 Å². The van der Waals surface area contributed by atoms with Gasteiger partial charge in [-0.3, -0.25) is 0 Å². The minimum atomic E-state index is -0.329. The number of allylic oxidation sites excluding steroid dienone is 1. The Bertz CT molecular complexity index is 402. The second kappa shape index (κ2) is 6.09. The summed E-state index contributed by atoms with van der Waals surface area (Å²) in [6.07, 6.45) is 1.88. The van der Waals surface area contributed by atoms with Crippen molar-refractivity contribution in [2.24, 2.45) is 0 Å². The molecule has 1 aromatic rings. The third-order valence-electron chi connectivity index (χ3n) is 2.23. The van der Waals surface area contributed by atoms with Gasteiger partial charge in [-0.1, -0.05) is 18.2 Å². The molecule has 0 aliphatic carbocycles. The van der Waals surface area contributed by atoms with Gasteiger partial charge in [-0.05, 0) is 38.5 Å². The largest absolute Gasteiger partial charge is 0.491 e. The maximum absolute atomic E-state index is 11.5. The molecule has 0 saturated carbocycles. The molecule has 3 nitrogen and oxygen atoms in total. The van der Waals surface area contributed by atoms with Crippen molar-refractivity contribution in [2.45, 2.75) is 26.9 Å². The smallest absolute Gasteiger partial charge is 0.338 e. The number of rotatable bonds is 4. The van der Waals surface area contributed by atoms with E-state index in [2.05, 4.69) is 0 Å². The van der Waals surface area contributed by atoms with Crippen LogP contribution in [0.2, 0.25) is 0 Å². The summed E-state index contributed by atoms with van der Waals surface area (Å²) in [6.45, 7) is 5.75. The van der Waals surface area contributed by atoms with E-state index in [-0.39, 0.29) is 12.1 Å². The Labute approximate surface area is 102 Å². The summed E-state index contributed by atoms with van der Waals surface area (Å²) in [5, 5.41) is 0. The number of hydrogen-bond acceptors (Lipinski definition) is 3. The van der Waals surface area contributed by atoms with Crippen LogP contribution >= 0.6 is 0 Å². The number of ether oxygens (including phenoxy) is 2. The van der Waals surface area contributed by atoms with Crippen molar-refractivity contribution in [1.82, 2.24) is 0 Å². The average molecular weight is 234 g/mol. The second-order valence-corrected chi connectivity index (χ2v) is 3.88. The maximum atomic E-state index is 11.5. The number of carbonyl (C=O) groups is 1. The van der Waals surface area contributed by atoms with E-state index in [0.717, 1.165) is 11.3 Å². The van der Waals surface area contributed by atoms with Gasteiger partial charge in [0.1, 0.15) is 5.75 Å². The Hall–Kier alpha value is -1.77. The predicted octanol–water partition coefficient (Wildman–Crippen LogP) is 3.05. The van der Waals surface area contributed by atoms with E-state index in [0.29, 0.717) is 5.57 Å². The zero-order valence-corrected chi connectivity index (χ0v) is 10.7. The van der Waals surface area contributed by atoms with E-state index >= 15 is 0 Å². The monoisotopic (exact) mass is 234 g/mol. The third kappa shape index (κ3) is 3.63. The molecule has 0 radical (unpaired) electrons. The molecule has 0 aliphatic rings.